The van der Waals surface area contributed by atoms with Gasteiger partial charge in [0, 0.05) is 11.8 Å². The Bertz CT molecular complexity index is 1490. The first-order chi connectivity index (χ1) is 25.7. The quantitative estimate of drug-likeness (QED) is 0.184. The van der Waals surface area contributed by atoms with E-state index in [1.54, 1.807) is 5.31 Å². The van der Waals surface area contributed by atoms with E-state index in [0.29, 0.717) is 5.66 Å². The van der Waals surface area contributed by atoms with E-state index in [1.807, 2.05) is 55.4 Å². The fourth-order valence-electron chi connectivity index (χ4n) is 7.45. The van der Waals surface area contributed by atoms with Crippen LogP contribution >= 0.6 is 15.8 Å². The molecule has 0 spiro atoms. The van der Waals surface area contributed by atoms with Gasteiger partial charge in [-0.2, -0.15) is 0 Å². The zero-order valence-corrected chi connectivity index (χ0v) is 35.5. The molecule has 0 amide bonds. The number of allylic oxidation sites excluding steroid dienone is 3. The first-order valence-corrected chi connectivity index (χ1v) is 23.0. The smallest absolute Gasteiger partial charge is 0.121 e. The molecule has 7 rings (SSSR count). The molecule has 52 heavy (non-hydrogen) atoms. The van der Waals surface area contributed by atoms with Gasteiger partial charge in [-0.15, -0.1) is 0 Å². The SMILES string of the molecule is CC.CC.CC.CC.C[C@@H]1OC2=CCC[C@@H](P(c3ccccc3)c3ccccc3)[C@H]2[C@H]2C(P(c3ccccc3)c3ccccc3)=CCC[C@H]2O[C@H]1C. The van der Waals surface area contributed by atoms with Gasteiger partial charge in [0.15, 0.2) is 0 Å². The molecule has 0 aromatic heterocycles. The molecule has 4 heteroatoms. The lowest BCUT2D eigenvalue weighted by Crippen LogP contribution is -2.48. The van der Waals surface area contributed by atoms with Crippen LogP contribution in [0.2, 0.25) is 0 Å². The van der Waals surface area contributed by atoms with E-state index in [1.165, 1.54) is 27.0 Å². The van der Waals surface area contributed by atoms with Gasteiger partial charge in [0.2, 0.25) is 0 Å². The van der Waals surface area contributed by atoms with Crippen LogP contribution in [0.15, 0.2) is 145 Å². The number of fused-ring (bicyclic) bond motifs is 3. The van der Waals surface area contributed by atoms with Crippen molar-refractivity contribution in [1.29, 1.82) is 0 Å². The van der Waals surface area contributed by atoms with Crippen LogP contribution in [0.3, 0.4) is 0 Å². The predicted octanol–water partition coefficient (Wildman–Crippen LogP) is 12.5. The van der Waals surface area contributed by atoms with E-state index in [-0.39, 0.29) is 30.1 Å². The fourth-order valence-corrected chi connectivity index (χ4v) is 13.3. The lowest BCUT2D eigenvalue weighted by Gasteiger charge is -2.50. The van der Waals surface area contributed by atoms with Gasteiger partial charge in [-0.25, -0.2) is 0 Å². The highest BCUT2D eigenvalue weighted by molar-refractivity contribution is 7.76. The fraction of sp³-hybridized carbons (Fsp3) is 0.417. The lowest BCUT2D eigenvalue weighted by molar-refractivity contribution is -0.121. The Morgan fingerprint density at radius 2 is 0.904 bits per heavy atom. The number of ether oxygens (including phenoxy) is 2. The van der Waals surface area contributed by atoms with Gasteiger partial charge < -0.3 is 9.47 Å². The number of hydrogen-bond donors (Lipinski definition) is 0. The second-order valence-corrected chi connectivity index (χ2v) is 16.9. The van der Waals surface area contributed by atoms with Crippen LogP contribution in [0.5, 0.6) is 0 Å². The topological polar surface area (TPSA) is 18.5 Å². The van der Waals surface area contributed by atoms with E-state index in [9.17, 15) is 0 Å². The summed E-state index contributed by atoms with van der Waals surface area (Å²) in [4.78, 5) is 0. The summed E-state index contributed by atoms with van der Waals surface area (Å²) in [5.41, 5.74) is 0.441. The molecule has 4 aromatic rings. The number of rotatable bonds is 6. The van der Waals surface area contributed by atoms with E-state index in [4.69, 9.17) is 9.47 Å². The largest absolute Gasteiger partial charge is 0.492 e. The van der Waals surface area contributed by atoms with Gasteiger partial charge in [0.25, 0.3) is 0 Å². The second kappa shape index (κ2) is 23.6. The van der Waals surface area contributed by atoms with Crippen molar-refractivity contribution in [3.8, 4) is 0 Å². The molecule has 6 atom stereocenters. The molecule has 280 valence electrons. The van der Waals surface area contributed by atoms with Crippen LogP contribution in [-0.2, 0) is 9.47 Å². The van der Waals surface area contributed by atoms with Gasteiger partial charge in [-0.3, -0.25) is 0 Å². The third-order valence-corrected chi connectivity index (χ3v) is 15.1. The van der Waals surface area contributed by atoms with Crippen molar-refractivity contribution in [2.75, 3.05) is 0 Å². The minimum Gasteiger partial charge on any atom is -0.492 e. The molecule has 0 radical (unpaired) electrons. The Hall–Kier alpha value is -3.02. The van der Waals surface area contributed by atoms with Crippen molar-refractivity contribution in [1.82, 2.24) is 0 Å². The summed E-state index contributed by atoms with van der Waals surface area (Å²) in [6, 6.07) is 45.0. The zero-order chi connectivity index (χ0) is 37.9. The molecular weight excluding hydrogens is 670 g/mol. The maximum atomic E-state index is 7.07. The maximum Gasteiger partial charge on any atom is 0.121 e. The van der Waals surface area contributed by atoms with E-state index in [0.717, 1.165) is 25.7 Å². The summed E-state index contributed by atoms with van der Waals surface area (Å²) in [5, 5.41) is 7.30. The molecule has 1 saturated heterocycles. The summed E-state index contributed by atoms with van der Waals surface area (Å²) in [6.07, 6.45) is 9.57. The van der Waals surface area contributed by atoms with E-state index in [2.05, 4.69) is 147 Å². The average molecular weight is 737 g/mol. The van der Waals surface area contributed by atoms with Gasteiger partial charge in [0.1, 0.15) is 6.10 Å². The Morgan fingerprint density at radius 3 is 1.37 bits per heavy atom. The molecule has 3 aliphatic rings. The Labute approximate surface area is 320 Å². The van der Waals surface area contributed by atoms with Crippen molar-refractivity contribution < 1.29 is 9.47 Å². The van der Waals surface area contributed by atoms with Gasteiger partial charge >= 0.3 is 0 Å². The van der Waals surface area contributed by atoms with E-state index >= 15 is 0 Å². The highest BCUT2D eigenvalue weighted by Gasteiger charge is 2.49. The summed E-state index contributed by atoms with van der Waals surface area (Å²) < 4.78 is 14.0. The monoisotopic (exact) mass is 736 g/mol. The van der Waals surface area contributed by atoms with Crippen LogP contribution < -0.4 is 21.2 Å². The highest BCUT2D eigenvalue weighted by atomic mass is 31.1. The first kappa shape index (κ1) is 43.4. The van der Waals surface area contributed by atoms with E-state index < -0.39 is 15.8 Å². The molecule has 0 bridgehead atoms. The van der Waals surface area contributed by atoms with Crippen molar-refractivity contribution in [3.63, 3.8) is 0 Å². The Kier molecular flexibility index (Phi) is 19.7. The van der Waals surface area contributed by atoms with Crippen molar-refractivity contribution in [3.05, 3.63) is 145 Å². The van der Waals surface area contributed by atoms with Gasteiger partial charge in [0.05, 0.1) is 18.0 Å². The zero-order valence-electron chi connectivity index (χ0n) is 33.7. The standard InChI is InChI=1S/C40H42O2P2.4C2H6/c1-29-30(2)42-36-26-16-28-38(44(33-21-11-5-12-22-33)34-23-13-6-14-24-34)40(36)39-35(41-29)25-15-27-37(39)43(31-17-7-3-8-18-31)32-19-9-4-10-20-32;4*1-2/h3-14,17-25,28-30,36-37,39-40H,15-16,26-27H2,1-2H3;4*1-2H3/t29-,30-,36+,37+,39-,40+;;;;/m0..../s1. The van der Waals surface area contributed by atoms with Gasteiger partial charge in [-0.1, -0.05) is 183 Å². The number of benzene rings is 4. The second-order valence-electron chi connectivity index (χ2n) is 12.3. The summed E-state index contributed by atoms with van der Waals surface area (Å²) in [5.74, 6) is 1.71. The maximum absolute atomic E-state index is 7.07. The van der Waals surface area contributed by atoms with Crippen molar-refractivity contribution in [2.24, 2.45) is 11.8 Å². The summed E-state index contributed by atoms with van der Waals surface area (Å²) >= 11 is 0. The minimum atomic E-state index is -0.732. The van der Waals surface area contributed by atoms with Gasteiger partial charge in [-0.05, 0) is 93.6 Å². The lowest BCUT2D eigenvalue weighted by atomic mass is 9.75. The molecule has 2 nitrogen and oxygen atoms in total. The summed E-state index contributed by atoms with van der Waals surface area (Å²) in [7, 11) is -1.37. The Balaban J connectivity index is 0.000000855. The number of hydrogen-bond acceptors (Lipinski definition) is 2. The van der Waals surface area contributed by atoms with Crippen molar-refractivity contribution >= 4 is 37.1 Å². The first-order valence-electron chi connectivity index (χ1n) is 20.2. The molecule has 2 aliphatic carbocycles. The van der Waals surface area contributed by atoms with Crippen LogP contribution in [-0.4, -0.2) is 24.0 Å². The molecule has 0 N–H and O–H groups in total. The molecule has 1 heterocycles. The van der Waals surface area contributed by atoms with Crippen LogP contribution in [0, 0.1) is 11.8 Å². The molecule has 1 aliphatic heterocycles. The normalized spacial score (nSPS) is 23.2. The molecular formula is C48H66O2P2. The minimum absolute atomic E-state index is 0.0160. The third kappa shape index (κ3) is 10.6. The van der Waals surface area contributed by atoms with Crippen molar-refractivity contribution in [2.45, 2.75) is 119 Å². The third-order valence-electron chi connectivity index (χ3n) is 9.54. The summed E-state index contributed by atoms with van der Waals surface area (Å²) in [6.45, 7) is 20.4. The molecule has 0 unspecified atom stereocenters. The van der Waals surface area contributed by atoms with Crippen LogP contribution in [0.4, 0.5) is 0 Å². The molecule has 0 saturated carbocycles. The highest BCUT2D eigenvalue weighted by Crippen LogP contribution is 2.60. The molecule has 1 fully saturated rings. The van der Waals surface area contributed by atoms with Crippen LogP contribution in [0.25, 0.3) is 0 Å². The molecule has 4 aromatic carbocycles. The van der Waals surface area contributed by atoms with Crippen LogP contribution in [0.1, 0.15) is 94.9 Å². The Morgan fingerprint density at radius 1 is 0.481 bits per heavy atom. The average Bonchev–Trinajstić information content (AvgIpc) is 3.23. The predicted molar refractivity (Wildman–Crippen MR) is 234 cm³/mol.